The maximum Gasteiger partial charge on any atom is 0.481 e. The first-order valence-corrected chi connectivity index (χ1v) is 23.4. The maximum atomic E-state index is 13.8. The summed E-state index contributed by atoms with van der Waals surface area (Å²) in [6.07, 6.45) is 10.9. The smallest absolute Gasteiger partial charge is 0.404 e. The van der Waals surface area contributed by atoms with Crippen molar-refractivity contribution < 1.29 is 33.3 Å². The number of unbranched alkanes of at least 4 members (excludes halogenated alkanes) is 3. The Kier molecular flexibility index (Phi) is 18.2. The Morgan fingerprint density at radius 1 is 0.734 bits per heavy atom. The zero-order valence-electron chi connectivity index (χ0n) is 38.8. The van der Waals surface area contributed by atoms with Crippen LogP contribution in [0.3, 0.4) is 0 Å². The Balaban J connectivity index is 1.17. The molecule has 6 rings (SSSR count). The van der Waals surface area contributed by atoms with Crippen molar-refractivity contribution in [2.75, 3.05) is 19.6 Å². The Morgan fingerprint density at radius 3 is 1.89 bits per heavy atom. The molecule has 4 fully saturated rings. The third-order valence-corrected chi connectivity index (χ3v) is 13.7. The summed E-state index contributed by atoms with van der Waals surface area (Å²) < 4.78 is 13.0. The van der Waals surface area contributed by atoms with E-state index in [2.05, 4.69) is 64.2 Å². The van der Waals surface area contributed by atoms with Gasteiger partial charge >= 0.3 is 7.12 Å². The molecule has 1 aromatic carbocycles. The summed E-state index contributed by atoms with van der Waals surface area (Å²) >= 11 is 0. The highest BCUT2D eigenvalue weighted by Gasteiger charge is 2.68. The number of hydrogen-bond acceptors (Lipinski definition) is 12. The van der Waals surface area contributed by atoms with Gasteiger partial charge in [-0.05, 0) is 134 Å². The predicted molar refractivity (Wildman–Crippen MR) is 246 cm³/mol. The zero-order chi connectivity index (χ0) is 46.6. The van der Waals surface area contributed by atoms with Gasteiger partial charge < -0.3 is 53.1 Å². The Hall–Kier alpha value is -4.49. The molecule has 9 atom stereocenters. The molecule has 1 saturated heterocycles. The second-order valence-electron chi connectivity index (χ2n) is 18.8. The molecule has 352 valence electrons. The van der Waals surface area contributed by atoms with Gasteiger partial charge in [-0.2, -0.15) is 0 Å². The number of nitrogens with zero attached hydrogens (tertiary/aromatic N) is 2. The van der Waals surface area contributed by atoms with E-state index < -0.39 is 72.4 Å². The van der Waals surface area contributed by atoms with Crippen molar-refractivity contribution >= 4 is 36.7 Å². The summed E-state index contributed by atoms with van der Waals surface area (Å²) in [5.74, 6) is -1.89. The zero-order valence-corrected chi connectivity index (χ0v) is 38.8. The number of carbonyl (C=O) groups is 5. The molecule has 11 N–H and O–H groups in total. The molecular formula is C46H73BN10O7. The lowest BCUT2D eigenvalue weighted by Crippen LogP contribution is -2.65. The van der Waals surface area contributed by atoms with Crippen LogP contribution in [-0.2, 0) is 34.9 Å². The summed E-state index contributed by atoms with van der Waals surface area (Å²) in [5, 5.41) is 14.0. The van der Waals surface area contributed by atoms with E-state index in [4.69, 9.17) is 26.5 Å². The highest BCUT2D eigenvalue weighted by atomic mass is 16.7. The van der Waals surface area contributed by atoms with E-state index in [0.29, 0.717) is 62.9 Å². The van der Waals surface area contributed by atoms with Crippen LogP contribution in [0.5, 0.6) is 0 Å². The van der Waals surface area contributed by atoms with E-state index in [1.165, 1.54) is 24.9 Å². The van der Waals surface area contributed by atoms with E-state index in [0.717, 1.165) is 37.7 Å². The molecule has 18 heteroatoms. The summed E-state index contributed by atoms with van der Waals surface area (Å²) in [6.45, 7) is 13.1. The first kappa shape index (κ1) is 50.5. The van der Waals surface area contributed by atoms with Gasteiger partial charge in [0.2, 0.25) is 23.6 Å². The number of carbonyl (C=O) groups excluding carboxylic acids is 5. The van der Waals surface area contributed by atoms with Crippen LogP contribution in [0.4, 0.5) is 0 Å². The van der Waals surface area contributed by atoms with Gasteiger partial charge in [-0.3, -0.25) is 24.0 Å². The fraction of sp³-hybridized carbons (Fsp3) is 0.674. The molecule has 5 amide bonds. The summed E-state index contributed by atoms with van der Waals surface area (Å²) in [6, 6.07) is 3.84. The molecule has 3 aliphatic carbocycles. The van der Waals surface area contributed by atoms with Crippen molar-refractivity contribution in [2.45, 2.75) is 160 Å². The molecule has 17 nitrogen and oxygen atoms in total. The largest absolute Gasteiger partial charge is 0.481 e. The topological polar surface area (TPSA) is 268 Å². The fourth-order valence-corrected chi connectivity index (χ4v) is 9.45. The van der Waals surface area contributed by atoms with E-state index in [9.17, 15) is 24.0 Å². The van der Waals surface area contributed by atoms with Crippen LogP contribution in [0.25, 0.3) is 11.4 Å². The van der Waals surface area contributed by atoms with Crippen molar-refractivity contribution in [3.8, 4) is 11.4 Å². The van der Waals surface area contributed by atoms with Crippen molar-refractivity contribution in [1.29, 1.82) is 0 Å². The van der Waals surface area contributed by atoms with Crippen molar-refractivity contribution in [3.05, 3.63) is 47.8 Å². The minimum atomic E-state index is -1.09. The SMILES string of the molecule is CCCCc1ccc(-c2ncc(C(=O)N[C@@H](CCN)C(=O)N[C@@H](CCCCN)C(=O)N[C@@H](C)C(=O)N[C@@H](CCCCN)C(=O)N[C@@H](C)B3O[C@@H]4C[C@@H]5C[C@@H](C5(C)C)[C@]4(C)O3)cn2)cc1. The van der Waals surface area contributed by atoms with Gasteiger partial charge in [-0.25, -0.2) is 9.97 Å². The second kappa shape index (κ2) is 23.1. The molecule has 64 heavy (non-hydrogen) atoms. The van der Waals surface area contributed by atoms with Crippen LogP contribution in [0.1, 0.15) is 128 Å². The van der Waals surface area contributed by atoms with Gasteiger partial charge in [0.1, 0.15) is 24.2 Å². The number of aryl methyl sites for hydroxylation is 1. The first-order chi connectivity index (χ1) is 30.6. The third kappa shape index (κ3) is 12.4. The van der Waals surface area contributed by atoms with Gasteiger partial charge in [-0.15, -0.1) is 0 Å². The molecule has 0 unspecified atom stereocenters. The number of amides is 5. The normalized spacial score (nSPS) is 23.0. The standard InChI is InChI=1S/C46H73BN10O7/c1-7-8-13-30-16-18-31(19-17-30)39-51-26-32(27-52-39)41(59)56-36(20-23-50)44(62)57-34(14-9-11-21-48)42(60)53-28(2)40(58)55-35(15-10-12-22-49)43(61)54-29(3)47-63-38-25-33-24-37(45(33,4)5)46(38,6)64-47/h16-19,26-29,33-38H,7-15,20-25,48-50H2,1-6H3,(H,53,60)(H,54,61)(H,55,58)(H,56,59)(H,57,62)/t28-,29-,33-,34-,35-,36-,37-,38+,46-/m0/s1. The Morgan fingerprint density at radius 2 is 1.31 bits per heavy atom. The molecule has 1 aromatic heterocycles. The van der Waals surface area contributed by atoms with Gasteiger partial charge in [0.05, 0.1) is 23.2 Å². The molecule has 4 aliphatic rings. The number of benzene rings is 1. The number of rotatable bonds is 25. The average molecular weight is 889 g/mol. The van der Waals surface area contributed by atoms with Crippen LogP contribution >= 0.6 is 0 Å². The molecule has 1 aliphatic heterocycles. The van der Waals surface area contributed by atoms with Gasteiger partial charge in [0, 0.05) is 18.0 Å². The monoisotopic (exact) mass is 889 g/mol. The minimum Gasteiger partial charge on any atom is -0.404 e. The summed E-state index contributed by atoms with van der Waals surface area (Å²) in [7, 11) is -0.638. The van der Waals surface area contributed by atoms with E-state index in [1.807, 2.05) is 31.2 Å². The molecule has 3 saturated carbocycles. The highest BCUT2D eigenvalue weighted by molar-refractivity contribution is 6.47. The van der Waals surface area contributed by atoms with Crippen molar-refractivity contribution in [2.24, 2.45) is 34.5 Å². The lowest BCUT2D eigenvalue weighted by Gasteiger charge is -2.64. The first-order valence-electron chi connectivity index (χ1n) is 23.4. The molecule has 2 aromatic rings. The van der Waals surface area contributed by atoms with Crippen LogP contribution in [-0.4, -0.2) is 108 Å². The van der Waals surface area contributed by atoms with Crippen LogP contribution in [0, 0.1) is 17.3 Å². The van der Waals surface area contributed by atoms with E-state index in [-0.39, 0.29) is 36.5 Å². The molecule has 0 radical (unpaired) electrons. The molecule has 2 heterocycles. The van der Waals surface area contributed by atoms with Crippen LogP contribution in [0.15, 0.2) is 36.7 Å². The van der Waals surface area contributed by atoms with Gasteiger partial charge in [0.25, 0.3) is 5.91 Å². The van der Waals surface area contributed by atoms with Crippen molar-refractivity contribution in [3.63, 3.8) is 0 Å². The minimum absolute atomic E-state index is 0.0463. The summed E-state index contributed by atoms with van der Waals surface area (Å²) in [4.78, 5) is 76.9. The fourth-order valence-electron chi connectivity index (χ4n) is 9.45. The highest BCUT2D eigenvalue weighted by Crippen LogP contribution is 2.65. The number of nitrogens with one attached hydrogen (secondary N) is 5. The molecule has 0 spiro atoms. The second-order valence-corrected chi connectivity index (χ2v) is 18.8. The maximum absolute atomic E-state index is 13.8. The Labute approximate surface area is 379 Å². The number of nitrogens with two attached hydrogens (primary N) is 3. The van der Waals surface area contributed by atoms with Crippen LogP contribution in [0.2, 0.25) is 0 Å². The lowest BCUT2D eigenvalue weighted by molar-refractivity contribution is -0.199. The third-order valence-electron chi connectivity index (χ3n) is 13.7. The quantitative estimate of drug-likeness (QED) is 0.0528. The average Bonchev–Trinajstić information content (AvgIpc) is 3.65. The van der Waals surface area contributed by atoms with Gasteiger partial charge in [-0.1, -0.05) is 51.5 Å². The van der Waals surface area contributed by atoms with Crippen LogP contribution < -0.4 is 43.8 Å². The number of hydrogen-bond donors (Lipinski definition) is 8. The van der Waals surface area contributed by atoms with E-state index in [1.54, 1.807) is 0 Å². The van der Waals surface area contributed by atoms with E-state index >= 15 is 0 Å². The van der Waals surface area contributed by atoms with Crippen molar-refractivity contribution in [1.82, 2.24) is 36.6 Å². The lowest BCUT2D eigenvalue weighted by atomic mass is 9.43. The predicted octanol–water partition coefficient (Wildman–Crippen LogP) is 2.44. The summed E-state index contributed by atoms with van der Waals surface area (Å²) in [5.41, 5.74) is 19.3. The Bertz CT molecular complexity index is 1890. The number of aromatic nitrogens is 2. The molecular weight excluding hydrogens is 815 g/mol. The van der Waals surface area contributed by atoms with Gasteiger partial charge in [0.15, 0.2) is 5.82 Å². The molecule has 2 bridgehead atoms.